The third-order valence-corrected chi connectivity index (χ3v) is 3.55. The quantitative estimate of drug-likeness (QED) is 0.241. The molecule has 0 saturated heterocycles. The molecule has 3 unspecified atom stereocenters. The Morgan fingerprint density at radius 1 is 0.792 bits per heavy atom. The summed E-state index contributed by atoms with van der Waals surface area (Å²) in [7, 11) is 0. The maximum absolute atomic E-state index is 11.6. The molecule has 140 valence electrons. The first-order valence-corrected chi connectivity index (χ1v) is 8.74. The molecule has 3 atom stereocenters. The zero-order valence-corrected chi connectivity index (χ0v) is 16.5. The van der Waals surface area contributed by atoms with E-state index >= 15 is 0 Å². The highest BCUT2D eigenvalue weighted by atomic mass is 32.1. The minimum atomic E-state index is -1.28. The lowest BCUT2D eigenvalue weighted by molar-refractivity contribution is -0.164. The summed E-state index contributed by atoms with van der Waals surface area (Å²) in [5.74, 6) is -1.84. The molecular weight excluding hydrogens is 376 g/mol. The summed E-state index contributed by atoms with van der Waals surface area (Å²) in [5, 5.41) is 7.70. The average Bonchev–Trinajstić information content (AvgIpc) is 2.53. The van der Waals surface area contributed by atoms with Gasteiger partial charge in [-0.1, -0.05) is 0 Å². The first-order valence-electron chi connectivity index (χ1n) is 7.19. The van der Waals surface area contributed by atoms with Crippen molar-refractivity contribution in [3.05, 3.63) is 0 Å². The van der Waals surface area contributed by atoms with E-state index in [1.54, 1.807) is 0 Å². The Balaban J connectivity index is 5.01. The number of aliphatic hydroxyl groups excluding tert-OH is 1. The standard InChI is InChI=1S/C14H24O7S3/c1-8(22)11(16)19-5-14(4-15,6-20-12(17)9(2)23)7-21-13(18)10(3)24/h8-10,15,22-24H,4-7H2,1-3H3. The Labute approximate surface area is 158 Å². The first-order chi connectivity index (χ1) is 11.0. The minimum Gasteiger partial charge on any atom is -0.464 e. The van der Waals surface area contributed by atoms with Gasteiger partial charge in [0.25, 0.3) is 0 Å². The van der Waals surface area contributed by atoms with E-state index in [0.29, 0.717) is 0 Å². The van der Waals surface area contributed by atoms with Crippen LogP contribution in [0.5, 0.6) is 0 Å². The first kappa shape index (κ1) is 23.4. The van der Waals surface area contributed by atoms with Crippen LogP contribution in [-0.4, -0.2) is 65.2 Å². The van der Waals surface area contributed by atoms with Crippen LogP contribution in [0.4, 0.5) is 0 Å². The lowest BCUT2D eigenvalue weighted by Gasteiger charge is -2.30. The lowest BCUT2D eigenvalue weighted by atomic mass is 9.92. The minimum absolute atomic E-state index is 0.310. The van der Waals surface area contributed by atoms with Gasteiger partial charge in [-0.3, -0.25) is 14.4 Å². The van der Waals surface area contributed by atoms with Crippen LogP contribution < -0.4 is 0 Å². The van der Waals surface area contributed by atoms with Gasteiger partial charge in [-0.05, 0) is 20.8 Å². The SMILES string of the molecule is CC(S)C(=O)OCC(CO)(COC(=O)C(C)S)COC(=O)C(C)S. The van der Waals surface area contributed by atoms with Crippen molar-refractivity contribution in [3.63, 3.8) is 0 Å². The fourth-order valence-corrected chi connectivity index (χ4v) is 1.52. The molecule has 24 heavy (non-hydrogen) atoms. The van der Waals surface area contributed by atoms with Gasteiger partial charge in [-0.15, -0.1) is 0 Å². The molecule has 0 saturated carbocycles. The molecule has 0 amide bonds. The number of carbonyl (C=O) groups is 3. The van der Waals surface area contributed by atoms with Crippen LogP contribution in [0, 0.1) is 5.41 Å². The number of carbonyl (C=O) groups excluding carboxylic acids is 3. The summed E-state index contributed by atoms with van der Waals surface area (Å²) < 4.78 is 15.1. The number of rotatable bonds is 10. The molecular formula is C14H24O7S3. The van der Waals surface area contributed by atoms with Crippen LogP contribution in [0.25, 0.3) is 0 Å². The molecule has 0 radical (unpaired) electrons. The fourth-order valence-electron chi connectivity index (χ4n) is 1.30. The van der Waals surface area contributed by atoms with Crippen LogP contribution >= 0.6 is 37.9 Å². The van der Waals surface area contributed by atoms with Crippen LogP contribution in [0.3, 0.4) is 0 Å². The van der Waals surface area contributed by atoms with E-state index in [0.717, 1.165) is 0 Å². The van der Waals surface area contributed by atoms with Crippen molar-refractivity contribution < 1.29 is 33.7 Å². The predicted molar refractivity (Wildman–Crippen MR) is 97.7 cm³/mol. The van der Waals surface area contributed by atoms with Crippen molar-refractivity contribution in [2.45, 2.75) is 36.5 Å². The van der Waals surface area contributed by atoms with Crippen molar-refractivity contribution in [1.82, 2.24) is 0 Å². The highest BCUT2D eigenvalue weighted by Gasteiger charge is 2.36. The van der Waals surface area contributed by atoms with E-state index in [1.807, 2.05) is 0 Å². The second-order valence-corrected chi connectivity index (χ2v) is 7.83. The van der Waals surface area contributed by atoms with Crippen LogP contribution in [0.15, 0.2) is 0 Å². The number of esters is 3. The normalized spacial score (nSPS) is 17.1. The third-order valence-electron chi connectivity index (χ3n) is 2.92. The summed E-state index contributed by atoms with van der Waals surface area (Å²) >= 11 is 11.8. The highest BCUT2D eigenvalue weighted by Crippen LogP contribution is 2.21. The number of ether oxygens (including phenoxy) is 3. The maximum atomic E-state index is 11.6. The average molecular weight is 401 g/mol. The summed E-state index contributed by atoms with van der Waals surface area (Å²) in [6.45, 7) is 3.11. The van der Waals surface area contributed by atoms with Crippen molar-refractivity contribution in [2.24, 2.45) is 5.41 Å². The molecule has 0 aliphatic rings. The molecule has 0 aliphatic carbocycles. The van der Waals surface area contributed by atoms with Crippen LogP contribution in [0.2, 0.25) is 0 Å². The zero-order chi connectivity index (χ0) is 18.9. The molecule has 10 heteroatoms. The second-order valence-electron chi connectivity index (χ2n) is 5.51. The molecule has 1 N–H and O–H groups in total. The van der Waals surface area contributed by atoms with Crippen LogP contribution in [0.1, 0.15) is 20.8 Å². The van der Waals surface area contributed by atoms with Gasteiger partial charge < -0.3 is 19.3 Å². The van der Waals surface area contributed by atoms with E-state index in [9.17, 15) is 19.5 Å². The molecule has 0 aromatic rings. The van der Waals surface area contributed by atoms with Gasteiger partial charge in [-0.25, -0.2) is 0 Å². The van der Waals surface area contributed by atoms with Gasteiger partial charge in [-0.2, -0.15) is 37.9 Å². The van der Waals surface area contributed by atoms with E-state index in [4.69, 9.17) is 14.2 Å². The fraction of sp³-hybridized carbons (Fsp3) is 0.786. The molecule has 0 aromatic carbocycles. The highest BCUT2D eigenvalue weighted by molar-refractivity contribution is 7.82. The lowest BCUT2D eigenvalue weighted by Crippen LogP contribution is -2.44. The summed E-state index contributed by atoms with van der Waals surface area (Å²) in [4.78, 5) is 34.7. The zero-order valence-electron chi connectivity index (χ0n) is 13.8. The van der Waals surface area contributed by atoms with Gasteiger partial charge in [0.2, 0.25) is 0 Å². The number of hydrogen-bond acceptors (Lipinski definition) is 10. The van der Waals surface area contributed by atoms with Gasteiger partial charge in [0.1, 0.15) is 19.8 Å². The van der Waals surface area contributed by atoms with Gasteiger partial charge in [0.15, 0.2) is 0 Å². The summed E-state index contributed by atoms with van der Waals surface area (Å²) in [5.41, 5.74) is -1.28. The summed E-state index contributed by atoms with van der Waals surface area (Å²) in [6.07, 6.45) is 0. The van der Waals surface area contributed by atoms with Crippen molar-refractivity contribution in [2.75, 3.05) is 26.4 Å². The van der Waals surface area contributed by atoms with Crippen molar-refractivity contribution >= 4 is 55.8 Å². The Morgan fingerprint density at radius 2 is 1.04 bits per heavy atom. The Bertz CT molecular complexity index is 378. The Morgan fingerprint density at radius 3 is 1.21 bits per heavy atom. The molecule has 0 spiro atoms. The Hall–Kier alpha value is -0.580. The summed E-state index contributed by atoms with van der Waals surface area (Å²) in [6, 6.07) is 0. The largest absolute Gasteiger partial charge is 0.464 e. The van der Waals surface area contributed by atoms with Gasteiger partial charge in [0, 0.05) is 0 Å². The number of aliphatic hydroxyl groups is 1. The van der Waals surface area contributed by atoms with E-state index < -0.39 is 45.7 Å². The van der Waals surface area contributed by atoms with E-state index in [1.165, 1.54) is 20.8 Å². The van der Waals surface area contributed by atoms with Crippen molar-refractivity contribution in [1.29, 1.82) is 0 Å². The molecule has 7 nitrogen and oxygen atoms in total. The van der Waals surface area contributed by atoms with Crippen molar-refractivity contribution in [3.8, 4) is 0 Å². The molecule has 0 rings (SSSR count). The van der Waals surface area contributed by atoms with E-state index in [2.05, 4.69) is 37.9 Å². The topological polar surface area (TPSA) is 99.1 Å². The Kier molecular flexibility index (Phi) is 10.8. The predicted octanol–water partition coefficient (Wildman–Crippen LogP) is 0.550. The molecule has 0 aromatic heterocycles. The van der Waals surface area contributed by atoms with Crippen LogP contribution in [-0.2, 0) is 28.6 Å². The number of hydrogen-bond donors (Lipinski definition) is 4. The monoisotopic (exact) mass is 400 g/mol. The number of thiol groups is 3. The maximum Gasteiger partial charge on any atom is 0.318 e. The molecule has 0 fully saturated rings. The molecule has 0 heterocycles. The van der Waals surface area contributed by atoms with E-state index in [-0.39, 0.29) is 19.8 Å². The van der Waals surface area contributed by atoms with Gasteiger partial charge in [0.05, 0.1) is 27.8 Å². The third kappa shape index (κ3) is 8.50. The smallest absolute Gasteiger partial charge is 0.318 e. The molecule has 0 bridgehead atoms. The van der Waals surface area contributed by atoms with Gasteiger partial charge >= 0.3 is 17.9 Å². The second kappa shape index (κ2) is 11.1. The molecule has 0 aliphatic heterocycles.